The maximum absolute atomic E-state index is 12.1. The molecule has 0 spiro atoms. The van der Waals surface area contributed by atoms with Crippen molar-refractivity contribution in [2.75, 3.05) is 11.9 Å². The lowest BCUT2D eigenvalue weighted by Gasteiger charge is -2.20. The zero-order chi connectivity index (χ0) is 26.6. The van der Waals surface area contributed by atoms with E-state index in [-0.39, 0.29) is 17.1 Å². The predicted octanol–water partition coefficient (Wildman–Crippen LogP) is 3.68. The number of carbonyl (C=O) groups excluding carboxylic acids is 1. The maximum atomic E-state index is 12.1. The number of nitrogens with zero attached hydrogens (tertiary/aromatic N) is 4. The maximum Gasteiger partial charge on any atom is 0.226 e. The van der Waals surface area contributed by atoms with Crippen LogP contribution >= 0.6 is 11.6 Å². The number of amides is 1. The number of halogens is 1. The predicted molar refractivity (Wildman–Crippen MR) is 146 cm³/mol. The molecular formula is C28H31ClN6O3. The number of fused-ring (bicyclic) bond motifs is 1. The Hall–Kier alpha value is -3.53. The van der Waals surface area contributed by atoms with Gasteiger partial charge in [0, 0.05) is 18.9 Å². The molecule has 2 aromatic carbocycles. The number of anilines is 1. The van der Waals surface area contributed by atoms with Crippen molar-refractivity contribution in [3.05, 3.63) is 83.4 Å². The first kappa shape index (κ1) is 26.1. The van der Waals surface area contributed by atoms with Crippen molar-refractivity contribution in [1.29, 1.82) is 0 Å². The fraction of sp³-hybridized carbons (Fsp3) is 0.357. The second-order valence-electron chi connectivity index (χ2n) is 9.63. The SMILES string of the molecule is CCCC(=O)N[C@H]1C[C@@H](n2cnc3c(NCC(c4ccccc4)c4ccccc4)nc(Cl)nc32)[C@H](O)[C@@H]1O. The minimum Gasteiger partial charge on any atom is -0.388 e. The first-order valence-electron chi connectivity index (χ1n) is 12.9. The van der Waals surface area contributed by atoms with Crippen LogP contribution in [0.25, 0.3) is 11.2 Å². The largest absolute Gasteiger partial charge is 0.388 e. The monoisotopic (exact) mass is 534 g/mol. The molecule has 38 heavy (non-hydrogen) atoms. The van der Waals surface area contributed by atoms with Gasteiger partial charge in [0.2, 0.25) is 11.2 Å². The Bertz CT molecular complexity index is 1340. The van der Waals surface area contributed by atoms with E-state index in [1.165, 1.54) is 0 Å². The first-order valence-corrected chi connectivity index (χ1v) is 13.2. The molecule has 10 heteroatoms. The molecule has 0 radical (unpaired) electrons. The number of aliphatic hydroxyl groups is 2. The van der Waals surface area contributed by atoms with E-state index in [1.807, 2.05) is 43.3 Å². The molecule has 0 bridgehead atoms. The molecule has 0 aliphatic heterocycles. The van der Waals surface area contributed by atoms with E-state index in [1.54, 1.807) is 10.9 Å². The zero-order valence-electron chi connectivity index (χ0n) is 21.0. The van der Waals surface area contributed by atoms with E-state index in [0.29, 0.717) is 42.8 Å². The fourth-order valence-electron chi connectivity index (χ4n) is 5.19. The summed E-state index contributed by atoms with van der Waals surface area (Å²) < 4.78 is 1.71. The van der Waals surface area contributed by atoms with Gasteiger partial charge in [-0.05, 0) is 35.6 Å². The van der Waals surface area contributed by atoms with Crippen molar-refractivity contribution in [3.63, 3.8) is 0 Å². The highest BCUT2D eigenvalue weighted by Gasteiger charge is 2.43. The second-order valence-corrected chi connectivity index (χ2v) is 9.97. The summed E-state index contributed by atoms with van der Waals surface area (Å²) in [5, 5.41) is 27.7. The van der Waals surface area contributed by atoms with Crippen LogP contribution < -0.4 is 10.6 Å². The van der Waals surface area contributed by atoms with Crippen molar-refractivity contribution in [3.8, 4) is 0 Å². The van der Waals surface area contributed by atoms with Gasteiger partial charge in [-0.2, -0.15) is 9.97 Å². The number of aliphatic hydroxyl groups excluding tert-OH is 2. The average molecular weight is 535 g/mol. The van der Waals surface area contributed by atoms with E-state index >= 15 is 0 Å². The molecule has 9 nitrogen and oxygen atoms in total. The highest BCUT2D eigenvalue weighted by molar-refractivity contribution is 6.28. The molecule has 198 valence electrons. The van der Waals surface area contributed by atoms with E-state index in [0.717, 1.165) is 11.1 Å². The molecule has 2 heterocycles. The summed E-state index contributed by atoms with van der Waals surface area (Å²) in [7, 11) is 0. The number of imidazole rings is 1. The third kappa shape index (κ3) is 5.36. The Morgan fingerprint density at radius 1 is 1.05 bits per heavy atom. The number of rotatable bonds is 9. The van der Waals surface area contributed by atoms with Gasteiger partial charge in [0.25, 0.3) is 0 Å². The Morgan fingerprint density at radius 3 is 2.34 bits per heavy atom. The minimum absolute atomic E-state index is 0.0403. The molecule has 1 fully saturated rings. The van der Waals surface area contributed by atoms with Crippen LogP contribution in [0.2, 0.25) is 5.28 Å². The van der Waals surface area contributed by atoms with Crippen LogP contribution in [0.5, 0.6) is 0 Å². The second kappa shape index (κ2) is 11.5. The topological polar surface area (TPSA) is 125 Å². The van der Waals surface area contributed by atoms with Crippen molar-refractivity contribution in [2.24, 2.45) is 0 Å². The molecular weight excluding hydrogens is 504 g/mol. The van der Waals surface area contributed by atoms with Gasteiger partial charge in [0.15, 0.2) is 17.0 Å². The quantitative estimate of drug-likeness (QED) is 0.241. The molecule has 1 aliphatic rings. The number of hydrogen-bond donors (Lipinski definition) is 4. The molecule has 1 saturated carbocycles. The van der Waals surface area contributed by atoms with Gasteiger partial charge < -0.3 is 25.4 Å². The fourth-order valence-corrected chi connectivity index (χ4v) is 5.35. The molecule has 0 unspecified atom stereocenters. The van der Waals surface area contributed by atoms with Gasteiger partial charge in [-0.15, -0.1) is 0 Å². The third-order valence-corrected chi connectivity index (χ3v) is 7.27. The summed E-state index contributed by atoms with van der Waals surface area (Å²) in [5.41, 5.74) is 3.27. The van der Waals surface area contributed by atoms with E-state index < -0.39 is 24.3 Å². The Kier molecular flexibility index (Phi) is 7.87. The standard InChI is InChI=1S/C28H31ClN6O3/c1-2-9-22(36)32-20-14-21(25(38)24(20)37)35-16-31-23-26(33-28(29)34-27(23)35)30-15-19(17-10-5-3-6-11-17)18-12-7-4-8-13-18/h3-8,10-13,16,19-21,24-25,37-38H,2,9,14-15H2,1H3,(H,32,36)(H,30,33,34)/t20-,21+,24+,25-/m0/s1. The third-order valence-electron chi connectivity index (χ3n) is 7.10. The van der Waals surface area contributed by atoms with Gasteiger partial charge in [-0.1, -0.05) is 67.6 Å². The molecule has 4 N–H and O–H groups in total. The van der Waals surface area contributed by atoms with Crippen LogP contribution in [0.15, 0.2) is 67.0 Å². The van der Waals surface area contributed by atoms with Crippen LogP contribution in [-0.4, -0.2) is 60.4 Å². The summed E-state index contributed by atoms with van der Waals surface area (Å²) in [6, 6.07) is 19.3. The average Bonchev–Trinajstić information content (AvgIpc) is 3.46. The summed E-state index contributed by atoms with van der Waals surface area (Å²) in [6.45, 7) is 2.45. The number of aromatic nitrogens is 4. The minimum atomic E-state index is -1.11. The van der Waals surface area contributed by atoms with E-state index in [9.17, 15) is 15.0 Å². The highest BCUT2D eigenvalue weighted by Crippen LogP contribution is 2.35. The summed E-state index contributed by atoms with van der Waals surface area (Å²) >= 11 is 6.33. The smallest absolute Gasteiger partial charge is 0.226 e. The van der Waals surface area contributed by atoms with Gasteiger partial charge >= 0.3 is 0 Å². The van der Waals surface area contributed by atoms with Gasteiger partial charge in [0.1, 0.15) is 12.2 Å². The normalized spacial score (nSPS) is 21.2. The number of nitrogens with one attached hydrogen (secondary N) is 2. The van der Waals surface area contributed by atoms with Crippen LogP contribution in [0.3, 0.4) is 0 Å². The van der Waals surface area contributed by atoms with E-state index in [2.05, 4.69) is 49.9 Å². The Balaban J connectivity index is 1.41. The van der Waals surface area contributed by atoms with Crippen LogP contribution in [0, 0.1) is 0 Å². The summed E-state index contributed by atoms with van der Waals surface area (Å²) in [6.07, 6.45) is 0.757. The number of hydrogen-bond acceptors (Lipinski definition) is 7. The number of carbonyl (C=O) groups is 1. The lowest BCUT2D eigenvalue weighted by atomic mass is 9.91. The molecule has 4 atom stereocenters. The van der Waals surface area contributed by atoms with Crippen molar-refractivity contribution in [1.82, 2.24) is 24.8 Å². The lowest BCUT2D eigenvalue weighted by molar-refractivity contribution is -0.122. The Labute approximate surface area is 225 Å². The lowest BCUT2D eigenvalue weighted by Crippen LogP contribution is -2.42. The molecule has 2 aromatic heterocycles. The molecule has 5 rings (SSSR count). The number of benzene rings is 2. The molecule has 1 aliphatic carbocycles. The summed E-state index contributed by atoms with van der Waals surface area (Å²) in [4.78, 5) is 25.4. The van der Waals surface area contributed by atoms with Gasteiger partial charge in [-0.25, -0.2) is 4.98 Å². The van der Waals surface area contributed by atoms with Gasteiger partial charge in [-0.3, -0.25) is 4.79 Å². The van der Waals surface area contributed by atoms with E-state index in [4.69, 9.17) is 11.6 Å². The zero-order valence-corrected chi connectivity index (χ0v) is 21.8. The van der Waals surface area contributed by atoms with Crippen molar-refractivity contribution < 1.29 is 15.0 Å². The highest BCUT2D eigenvalue weighted by atomic mass is 35.5. The van der Waals surface area contributed by atoms with Crippen LogP contribution in [-0.2, 0) is 4.79 Å². The first-order chi connectivity index (χ1) is 18.5. The molecule has 1 amide bonds. The van der Waals surface area contributed by atoms with Crippen molar-refractivity contribution >= 4 is 34.5 Å². The summed E-state index contributed by atoms with van der Waals surface area (Å²) in [5.74, 6) is 0.391. The molecule has 0 saturated heterocycles. The van der Waals surface area contributed by atoms with Crippen molar-refractivity contribution in [2.45, 2.75) is 56.4 Å². The van der Waals surface area contributed by atoms with Crippen LogP contribution in [0.1, 0.15) is 49.3 Å². The van der Waals surface area contributed by atoms with Crippen LogP contribution in [0.4, 0.5) is 5.82 Å². The Morgan fingerprint density at radius 2 is 1.71 bits per heavy atom. The van der Waals surface area contributed by atoms with Gasteiger partial charge in [0.05, 0.1) is 18.4 Å². The molecule has 4 aromatic rings.